The molecule has 5 rings (SSSR count). The molecule has 0 saturated carbocycles. The Kier molecular flexibility index (Phi) is 6.05. The van der Waals surface area contributed by atoms with Gasteiger partial charge in [0.15, 0.2) is 0 Å². The first-order valence-electron chi connectivity index (χ1n) is 11.6. The van der Waals surface area contributed by atoms with Crippen LogP contribution in [0.5, 0.6) is 11.8 Å². The second-order valence-corrected chi connectivity index (χ2v) is 9.12. The molecule has 0 aliphatic carbocycles. The maximum Gasteiger partial charge on any atom is 0.321 e. The standard InChI is InChI=1S/C26H29N5O2/c1-19-7-4-10-23(29-19)22-17-31(18-26(22)12-3-2-11-24(32)30-26)16-20-8-5-9-21(15-20)33-25-27-13-6-14-28-25/h4-10,13-15,22H,2-3,11-12,16-18H2,1H3,(H,30,32)/t22-,26+/m0/s1. The summed E-state index contributed by atoms with van der Waals surface area (Å²) in [5.74, 6) is 1.04. The number of hydrogen-bond donors (Lipinski definition) is 1. The number of nitrogens with one attached hydrogen (secondary N) is 1. The van der Waals surface area contributed by atoms with Crippen molar-refractivity contribution < 1.29 is 9.53 Å². The van der Waals surface area contributed by atoms with Crippen molar-refractivity contribution >= 4 is 5.91 Å². The van der Waals surface area contributed by atoms with Crippen LogP contribution in [0.4, 0.5) is 0 Å². The highest BCUT2D eigenvalue weighted by atomic mass is 16.5. The van der Waals surface area contributed by atoms with E-state index in [9.17, 15) is 4.79 Å². The second-order valence-electron chi connectivity index (χ2n) is 9.12. The summed E-state index contributed by atoms with van der Waals surface area (Å²) in [6.45, 7) is 4.46. The van der Waals surface area contributed by atoms with E-state index in [-0.39, 0.29) is 17.4 Å². The van der Waals surface area contributed by atoms with E-state index < -0.39 is 0 Å². The van der Waals surface area contributed by atoms with Gasteiger partial charge in [0, 0.05) is 55.8 Å². The van der Waals surface area contributed by atoms with Crippen LogP contribution in [0.25, 0.3) is 0 Å². The molecule has 0 unspecified atom stereocenters. The minimum atomic E-state index is -0.277. The molecule has 7 nitrogen and oxygen atoms in total. The molecule has 0 radical (unpaired) electrons. The van der Waals surface area contributed by atoms with Gasteiger partial charge in [0.1, 0.15) is 5.75 Å². The van der Waals surface area contributed by atoms with Crippen LogP contribution in [0.15, 0.2) is 60.9 Å². The number of carbonyl (C=O) groups excluding carboxylic acids is 1. The monoisotopic (exact) mass is 443 g/mol. The number of aromatic nitrogens is 3. The lowest BCUT2D eigenvalue weighted by Crippen LogP contribution is -2.52. The summed E-state index contributed by atoms with van der Waals surface area (Å²) >= 11 is 0. The zero-order valence-electron chi connectivity index (χ0n) is 18.9. The summed E-state index contributed by atoms with van der Waals surface area (Å²) in [5.41, 5.74) is 2.95. The normalized spacial score (nSPS) is 23.3. The van der Waals surface area contributed by atoms with Crippen molar-refractivity contribution in [2.24, 2.45) is 0 Å². The smallest absolute Gasteiger partial charge is 0.321 e. The molecular formula is C26H29N5O2. The van der Waals surface area contributed by atoms with E-state index in [0.29, 0.717) is 18.2 Å². The predicted octanol–water partition coefficient (Wildman–Crippen LogP) is 4.00. The molecule has 0 bridgehead atoms. The van der Waals surface area contributed by atoms with Crippen LogP contribution in [0.3, 0.4) is 0 Å². The van der Waals surface area contributed by atoms with Crippen molar-refractivity contribution in [3.63, 3.8) is 0 Å². The molecule has 2 saturated heterocycles. The van der Waals surface area contributed by atoms with Crippen LogP contribution < -0.4 is 10.1 Å². The number of pyridine rings is 1. The van der Waals surface area contributed by atoms with Crippen LogP contribution in [0.2, 0.25) is 0 Å². The highest BCUT2D eigenvalue weighted by Gasteiger charge is 2.49. The van der Waals surface area contributed by atoms with E-state index >= 15 is 0 Å². The van der Waals surface area contributed by atoms with Gasteiger partial charge in [-0.15, -0.1) is 0 Å². The number of hydrogen-bond acceptors (Lipinski definition) is 6. The molecule has 33 heavy (non-hydrogen) atoms. The molecule has 1 amide bonds. The Balaban J connectivity index is 1.38. The molecule has 1 N–H and O–H groups in total. The molecule has 2 aliphatic rings. The fraction of sp³-hybridized carbons (Fsp3) is 0.385. The summed E-state index contributed by atoms with van der Waals surface area (Å²) in [6.07, 6.45) is 6.91. The zero-order chi connectivity index (χ0) is 22.7. The Morgan fingerprint density at radius 3 is 2.82 bits per heavy atom. The van der Waals surface area contributed by atoms with Crippen LogP contribution in [-0.4, -0.2) is 44.4 Å². The summed E-state index contributed by atoms with van der Waals surface area (Å²) in [4.78, 5) is 28.2. The van der Waals surface area contributed by atoms with E-state index in [1.165, 1.54) is 0 Å². The van der Waals surface area contributed by atoms with Gasteiger partial charge in [-0.25, -0.2) is 9.97 Å². The fourth-order valence-electron chi connectivity index (χ4n) is 5.18. The average molecular weight is 444 g/mol. The molecule has 2 aromatic heterocycles. The Hall–Kier alpha value is -3.32. The summed E-state index contributed by atoms with van der Waals surface area (Å²) in [6, 6.07) is 16.3. The Bertz CT molecular complexity index is 1120. The Morgan fingerprint density at radius 2 is 1.97 bits per heavy atom. The molecule has 2 atom stereocenters. The maximum atomic E-state index is 12.6. The van der Waals surface area contributed by atoms with Gasteiger partial charge in [-0.05, 0) is 55.7 Å². The number of nitrogens with zero attached hydrogens (tertiary/aromatic N) is 4. The Morgan fingerprint density at radius 1 is 1.12 bits per heavy atom. The molecule has 3 aromatic rings. The summed E-state index contributed by atoms with van der Waals surface area (Å²) in [7, 11) is 0. The highest BCUT2D eigenvalue weighted by Crippen LogP contribution is 2.41. The van der Waals surface area contributed by atoms with Gasteiger partial charge in [0.2, 0.25) is 5.91 Å². The van der Waals surface area contributed by atoms with E-state index in [2.05, 4.69) is 38.4 Å². The largest absolute Gasteiger partial charge is 0.424 e. The third-order valence-corrected chi connectivity index (χ3v) is 6.60. The van der Waals surface area contributed by atoms with Crippen molar-refractivity contribution in [2.75, 3.05) is 13.1 Å². The lowest BCUT2D eigenvalue weighted by atomic mass is 9.81. The highest BCUT2D eigenvalue weighted by molar-refractivity contribution is 5.77. The molecule has 170 valence electrons. The third kappa shape index (κ3) is 4.88. The number of benzene rings is 1. The van der Waals surface area contributed by atoms with Crippen molar-refractivity contribution in [3.8, 4) is 11.8 Å². The van der Waals surface area contributed by atoms with E-state index in [4.69, 9.17) is 9.72 Å². The molecule has 2 fully saturated rings. The minimum absolute atomic E-state index is 0.158. The molecule has 7 heteroatoms. The van der Waals surface area contributed by atoms with Gasteiger partial charge < -0.3 is 10.1 Å². The molecular weight excluding hydrogens is 414 g/mol. The first-order chi connectivity index (χ1) is 16.1. The van der Waals surface area contributed by atoms with Crippen LogP contribution in [0, 0.1) is 6.92 Å². The second kappa shape index (κ2) is 9.27. The van der Waals surface area contributed by atoms with Gasteiger partial charge in [0.25, 0.3) is 0 Å². The van der Waals surface area contributed by atoms with Gasteiger partial charge >= 0.3 is 6.01 Å². The van der Waals surface area contributed by atoms with Gasteiger partial charge in [-0.1, -0.05) is 24.6 Å². The van der Waals surface area contributed by atoms with Crippen LogP contribution in [0.1, 0.15) is 48.6 Å². The first-order valence-corrected chi connectivity index (χ1v) is 11.6. The number of amides is 1. The quantitative estimate of drug-likeness (QED) is 0.642. The van der Waals surface area contributed by atoms with Gasteiger partial charge in [-0.2, -0.15) is 0 Å². The third-order valence-electron chi connectivity index (χ3n) is 6.60. The number of carbonyl (C=O) groups is 1. The zero-order valence-corrected chi connectivity index (χ0v) is 18.9. The number of rotatable bonds is 5. The molecule has 1 spiro atoms. The maximum absolute atomic E-state index is 12.6. The number of aryl methyl sites for hydroxylation is 1. The van der Waals surface area contributed by atoms with Gasteiger partial charge in [-0.3, -0.25) is 14.7 Å². The lowest BCUT2D eigenvalue weighted by molar-refractivity contribution is -0.122. The van der Waals surface area contributed by atoms with E-state index in [1.54, 1.807) is 18.5 Å². The number of likely N-dealkylation sites (tertiary alicyclic amines) is 1. The molecule has 1 aromatic carbocycles. The molecule has 2 aliphatic heterocycles. The van der Waals surface area contributed by atoms with E-state index in [0.717, 1.165) is 55.8 Å². The van der Waals surface area contributed by atoms with Crippen molar-refractivity contribution in [1.82, 2.24) is 25.2 Å². The topological polar surface area (TPSA) is 80.2 Å². The Labute approximate surface area is 194 Å². The number of ether oxygens (including phenoxy) is 1. The van der Waals surface area contributed by atoms with Crippen LogP contribution >= 0.6 is 0 Å². The van der Waals surface area contributed by atoms with Crippen molar-refractivity contribution in [1.29, 1.82) is 0 Å². The average Bonchev–Trinajstić information content (AvgIpc) is 3.03. The van der Waals surface area contributed by atoms with Gasteiger partial charge in [0.05, 0.1) is 5.54 Å². The first kappa shape index (κ1) is 21.5. The fourth-order valence-corrected chi connectivity index (χ4v) is 5.18. The molecule has 4 heterocycles. The predicted molar refractivity (Wildman–Crippen MR) is 125 cm³/mol. The van der Waals surface area contributed by atoms with Crippen LogP contribution in [-0.2, 0) is 11.3 Å². The van der Waals surface area contributed by atoms with Crippen molar-refractivity contribution in [3.05, 3.63) is 77.9 Å². The van der Waals surface area contributed by atoms with Crippen molar-refractivity contribution in [2.45, 2.75) is 50.6 Å². The minimum Gasteiger partial charge on any atom is -0.424 e. The van der Waals surface area contributed by atoms with E-state index in [1.807, 2.05) is 31.2 Å². The summed E-state index contributed by atoms with van der Waals surface area (Å²) < 4.78 is 5.82. The summed E-state index contributed by atoms with van der Waals surface area (Å²) in [5, 5.41) is 3.42. The SMILES string of the molecule is Cc1cccc([C@@H]2CN(Cc3cccc(Oc4ncccn4)c3)C[C@]23CCCCC(=O)N3)n1. The lowest BCUT2D eigenvalue weighted by Gasteiger charge is -2.34.